The van der Waals surface area contributed by atoms with E-state index >= 15 is 0 Å². The van der Waals surface area contributed by atoms with Gasteiger partial charge in [0.25, 0.3) is 0 Å². The molecule has 27 heavy (non-hydrogen) atoms. The Bertz CT molecular complexity index is 736. The fourth-order valence-electron chi connectivity index (χ4n) is 3.20. The fraction of sp³-hybridized carbons (Fsp3) is 0.476. The fourth-order valence-corrected chi connectivity index (χ4v) is 4.13. The third kappa shape index (κ3) is 5.47. The molecule has 1 atom stereocenters. The van der Waals surface area contributed by atoms with Crippen LogP contribution in [0.4, 0.5) is 0 Å². The van der Waals surface area contributed by atoms with Crippen LogP contribution in [0.15, 0.2) is 41.4 Å². The minimum atomic E-state index is 0.599. The second kappa shape index (κ2) is 9.76. The van der Waals surface area contributed by atoms with Crippen molar-refractivity contribution in [2.24, 2.45) is 10.9 Å². The largest absolute Gasteiger partial charge is 0.497 e. The predicted octanol–water partition coefficient (Wildman–Crippen LogP) is 3.86. The van der Waals surface area contributed by atoms with Crippen LogP contribution in [-0.2, 0) is 11.3 Å². The second-order valence-corrected chi connectivity index (χ2v) is 7.94. The number of thiophene rings is 1. The van der Waals surface area contributed by atoms with Crippen molar-refractivity contribution in [3.63, 3.8) is 0 Å². The molecule has 2 heterocycles. The summed E-state index contributed by atoms with van der Waals surface area (Å²) in [6, 6.07) is 12.5. The maximum atomic E-state index is 5.49. The highest BCUT2D eigenvalue weighted by Gasteiger charge is 2.19. The van der Waals surface area contributed by atoms with Gasteiger partial charge in [0.05, 0.1) is 20.3 Å². The summed E-state index contributed by atoms with van der Waals surface area (Å²) in [6.07, 6.45) is 1.14. The van der Waals surface area contributed by atoms with Gasteiger partial charge in [-0.2, -0.15) is 0 Å². The molecule has 1 saturated heterocycles. The van der Waals surface area contributed by atoms with Gasteiger partial charge >= 0.3 is 0 Å². The molecule has 1 N–H and O–H groups in total. The molecule has 0 saturated carbocycles. The molecular formula is C21H29N3O2S. The Kier molecular flexibility index (Phi) is 7.12. The van der Waals surface area contributed by atoms with E-state index in [1.807, 2.05) is 12.1 Å². The van der Waals surface area contributed by atoms with Gasteiger partial charge in [-0.1, -0.05) is 0 Å². The highest BCUT2D eigenvalue weighted by Crippen LogP contribution is 2.29. The van der Waals surface area contributed by atoms with Crippen LogP contribution < -0.4 is 10.1 Å². The Balaban J connectivity index is 1.64. The number of nitrogens with zero attached hydrogens (tertiary/aromatic N) is 2. The molecule has 1 aromatic carbocycles. The van der Waals surface area contributed by atoms with E-state index in [1.165, 1.54) is 15.3 Å². The quantitative estimate of drug-likeness (QED) is 0.579. The average Bonchev–Trinajstić information content (AvgIpc) is 3.37. The molecule has 0 aliphatic carbocycles. The average molecular weight is 388 g/mol. The summed E-state index contributed by atoms with van der Waals surface area (Å²) >= 11 is 1.79. The first kappa shape index (κ1) is 19.7. The lowest BCUT2D eigenvalue weighted by Gasteiger charge is -2.24. The highest BCUT2D eigenvalue weighted by atomic mass is 32.1. The summed E-state index contributed by atoms with van der Waals surface area (Å²) in [5.74, 6) is 2.44. The number of hydrogen-bond donors (Lipinski definition) is 1. The number of hydrogen-bond acceptors (Lipinski definition) is 4. The molecule has 5 nitrogen and oxygen atoms in total. The molecule has 1 fully saturated rings. The first-order valence-electron chi connectivity index (χ1n) is 9.50. The molecule has 1 aromatic heterocycles. The van der Waals surface area contributed by atoms with Crippen molar-refractivity contribution in [1.29, 1.82) is 0 Å². The Morgan fingerprint density at radius 1 is 1.30 bits per heavy atom. The smallest absolute Gasteiger partial charge is 0.194 e. The molecule has 2 aromatic rings. The van der Waals surface area contributed by atoms with Gasteiger partial charge in [0, 0.05) is 42.4 Å². The van der Waals surface area contributed by atoms with Crippen LogP contribution in [0.3, 0.4) is 0 Å². The van der Waals surface area contributed by atoms with Crippen LogP contribution in [0.25, 0.3) is 10.4 Å². The molecule has 0 radical (unpaired) electrons. The van der Waals surface area contributed by atoms with E-state index in [0.717, 1.165) is 44.4 Å². The molecule has 1 unspecified atom stereocenters. The van der Waals surface area contributed by atoms with Gasteiger partial charge in [-0.3, -0.25) is 0 Å². The van der Waals surface area contributed by atoms with Crippen LogP contribution in [0, 0.1) is 5.92 Å². The van der Waals surface area contributed by atoms with Gasteiger partial charge in [-0.15, -0.1) is 11.3 Å². The molecular weight excluding hydrogens is 358 g/mol. The molecule has 0 spiro atoms. The zero-order chi connectivity index (χ0) is 19.1. The number of aliphatic imine (C=N–C) groups is 1. The van der Waals surface area contributed by atoms with Gasteiger partial charge in [0.15, 0.2) is 5.96 Å². The maximum Gasteiger partial charge on any atom is 0.194 e. The summed E-state index contributed by atoms with van der Waals surface area (Å²) in [7, 11) is 3.80. The van der Waals surface area contributed by atoms with Crippen LogP contribution in [0.2, 0.25) is 0 Å². The summed E-state index contributed by atoms with van der Waals surface area (Å²) in [6.45, 7) is 6.39. The zero-order valence-electron chi connectivity index (χ0n) is 16.4. The first-order valence-corrected chi connectivity index (χ1v) is 10.3. The van der Waals surface area contributed by atoms with Crippen molar-refractivity contribution in [3.8, 4) is 16.2 Å². The number of guanidine groups is 1. The maximum absolute atomic E-state index is 5.49. The third-order valence-electron chi connectivity index (χ3n) is 4.67. The van der Waals surface area contributed by atoms with Crippen LogP contribution in [-0.4, -0.2) is 51.3 Å². The van der Waals surface area contributed by atoms with Crippen molar-refractivity contribution in [2.75, 3.05) is 40.5 Å². The molecule has 0 amide bonds. The second-order valence-electron chi connectivity index (χ2n) is 6.77. The van der Waals surface area contributed by atoms with Crippen molar-refractivity contribution >= 4 is 17.3 Å². The van der Waals surface area contributed by atoms with Crippen LogP contribution in [0.5, 0.6) is 5.75 Å². The Hall–Kier alpha value is -2.05. The van der Waals surface area contributed by atoms with E-state index in [1.54, 1.807) is 18.4 Å². The van der Waals surface area contributed by atoms with E-state index in [2.05, 4.69) is 48.5 Å². The van der Waals surface area contributed by atoms with Crippen molar-refractivity contribution in [3.05, 3.63) is 41.3 Å². The number of benzene rings is 1. The van der Waals surface area contributed by atoms with Gasteiger partial charge in [0.2, 0.25) is 0 Å². The third-order valence-corrected chi connectivity index (χ3v) is 5.79. The summed E-state index contributed by atoms with van der Waals surface area (Å²) in [5, 5.41) is 3.40. The normalized spacial score (nSPS) is 17.1. The molecule has 3 rings (SSSR count). The molecule has 1 aliphatic rings. The molecule has 146 valence electrons. The van der Waals surface area contributed by atoms with E-state index < -0.39 is 0 Å². The Morgan fingerprint density at radius 2 is 2.11 bits per heavy atom. The van der Waals surface area contributed by atoms with Crippen LogP contribution >= 0.6 is 11.3 Å². The van der Waals surface area contributed by atoms with Gasteiger partial charge in [-0.05, 0) is 55.3 Å². The number of nitrogens with one attached hydrogen (secondary N) is 1. The topological polar surface area (TPSA) is 46.1 Å². The van der Waals surface area contributed by atoms with E-state index in [9.17, 15) is 0 Å². The Morgan fingerprint density at radius 3 is 2.78 bits per heavy atom. The SMILES string of the molecule is CCNC(=NCc1ccc(-c2ccc(OC)cc2)s1)N(C)CC1CCOC1. The lowest BCUT2D eigenvalue weighted by molar-refractivity contribution is 0.181. The van der Waals surface area contributed by atoms with Gasteiger partial charge < -0.3 is 19.7 Å². The standard InChI is InChI=1S/C21H29N3O2S/c1-4-22-21(24(2)14-16-11-12-26-15-16)23-13-19-9-10-20(27-19)17-5-7-18(25-3)8-6-17/h5-10,16H,4,11-15H2,1-3H3,(H,22,23). The van der Waals surface area contributed by atoms with Gasteiger partial charge in [0.1, 0.15) is 5.75 Å². The lowest BCUT2D eigenvalue weighted by Crippen LogP contribution is -2.41. The summed E-state index contributed by atoms with van der Waals surface area (Å²) in [5.41, 5.74) is 1.21. The molecule has 1 aliphatic heterocycles. The monoisotopic (exact) mass is 387 g/mol. The Labute approximate surface area is 166 Å². The summed E-state index contributed by atoms with van der Waals surface area (Å²) < 4.78 is 10.7. The molecule has 0 bridgehead atoms. The van der Waals surface area contributed by atoms with Crippen molar-refractivity contribution in [2.45, 2.75) is 19.9 Å². The highest BCUT2D eigenvalue weighted by molar-refractivity contribution is 7.15. The van der Waals surface area contributed by atoms with Crippen molar-refractivity contribution in [1.82, 2.24) is 10.2 Å². The molecule has 6 heteroatoms. The number of rotatable bonds is 7. The minimum Gasteiger partial charge on any atom is -0.497 e. The van der Waals surface area contributed by atoms with E-state index in [0.29, 0.717) is 12.5 Å². The zero-order valence-corrected chi connectivity index (χ0v) is 17.2. The van der Waals surface area contributed by atoms with Crippen molar-refractivity contribution < 1.29 is 9.47 Å². The lowest BCUT2D eigenvalue weighted by atomic mass is 10.1. The number of ether oxygens (including phenoxy) is 2. The van der Waals surface area contributed by atoms with Gasteiger partial charge in [-0.25, -0.2) is 4.99 Å². The summed E-state index contributed by atoms with van der Waals surface area (Å²) in [4.78, 5) is 9.58. The van der Waals surface area contributed by atoms with Crippen LogP contribution in [0.1, 0.15) is 18.2 Å². The number of methoxy groups -OCH3 is 1. The minimum absolute atomic E-state index is 0.599. The van der Waals surface area contributed by atoms with E-state index in [-0.39, 0.29) is 0 Å². The van der Waals surface area contributed by atoms with E-state index in [4.69, 9.17) is 14.5 Å². The first-order chi connectivity index (χ1) is 13.2. The predicted molar refractivity (Wildman–Crippen MR) is 113 cm³/mol.